The number of aliphatic hydroxyl groups excluding tert-OH is 1. The highest BCUT2D eigenvalue weighted by molar-refractivity contribution is 5.87. The molecule has 7 heteroatoms. The van der Waals surface area contributed by atoms with Crippen molar-refractivity contribution in [2.75, 3.05) is 23.8 Å². The highest BCUT2D eigenvalue weighted by atomic mass is 16.3. The molecule has 0 unspecified atom stereocenters. The van der Waals surface area contributed by atoms with Crippen molar-refractivity contribution in [2.24, 2.45) is 7.05 Å². The van der Waals surface area contributed by atoms with Gasteiger partial charge < -0.3 is 15.7 Å². The second-order valence-electron chi connectivity index (χ2n) is 4.54. The summed E-state index contributed by atoms with van der Waals surface area (Å²) in [4.78, 5) is 8.92. The topological polar surface area (TPSA) is 87.9 Å². The van der Waals surface area contributed by atoms with E-state index in [0.717, 1.165) is 16.7 Å². The van der Waals surface area contributed by atoms with E-state index in [9.17, 15) is 0 Å². The van der Waals surface area contributed by atoms with Crippen LogP contribution in [0, 0.1) is 0 Å². The van der Waals surface area contributed by atoms with Crippen molar-refractivity contribution in [1.82, 2.24) is 19.7 Å². The van der Waals surface area contributed by atoms with Crippen molar-refractivity contribution in [2.45, 2.75) is 0 Å². The van der Waals surface area contributed by atoms with Crippen LogP contribution in [0.25, 0.3) is 11.0 Å². The van der Waals surface area contributed by atoms with Gasteiger partial charge in [0.25, 0.3) is 0 Å². The van der Waals surface area contributed by atoms with Crippen LogP contribution in [0.3, 0.4) is 0 Å². The average Bonchev–Trinajstić information content (AvgIpc) is 2.88. The maximum absolute atomic E-state index is 8.97. The molecule has 3 rings (SSSR count). The highest BCUT2D eigenvalue weighted by Gasteiger charge is 2.11. The van der Waals surface area contributed by atoms with Crippen molar-refractivity contribution in [3.8, 4) is 0 Å². The second kappa shape index (κ2) is 5.76. The number of para-hydroxylation sites is 1. The van der Waals surface area contributed by atoms with Crippen molar-refractivity contribution in [3.63, 3.8) is 0 Å². The van der Waals surface area contributed by atoms with Gasteiger partial charge in [-0.2, -0.15) is 15.1 Å². The van der Waals surface area contributed by atoms with Crippen LogP contribution in [0.5, 0.6) is 0 Å². The average molecular weight is 284 g/mol. The predicted octanol–water partition coefficient (Wildman–Crippen LogP) is 1.51. The van der Waals surface area contributed by atoms with Crippen LogP contribution in [0.15, 0.2) is 36.5 Å². The molecule has 0 aliphatic carbocycles. The summed E-state index contributed by atoms with van der Waals surface area (Å²) in [7, 11) is 1.83. The van der Waals surface area contributed by atoms with Gasteiger partial charge >= 0.3 is 0 Å². The summed E-state index contributed by atoms with van der Waals surface area (Å²) in [5.41, 5.74) is 1.64. The Kier molecular flexibility index (Phi) is 3.65. The largest absolute Gasteiger partial charge is 0.395 e. The third-order valence-electron chi connectivity index (χ3n) is 3.03. The lowest BCUT2D eigenvalue weighted by Crippen LogP contribution is -2.09. The van der Waals surface area contributed by atoms with Crippen LogP contribution in [-0.4, -0.2) is 38.0 Å². The fraction of sp³-hybridized carbons (Fsp3) is 0.214. The zero-order valence-electron chi connectivity index (χ0n) is 11.6. The van der Waals surface area contributed by atoms with E-state index in [-0.39, 0.29) is 6.61 Å². The molecule has 108 valence electrons. The smallest absolute Gasteiger partial charge is 0.231 e. The fourth-order valence-electron chi connectivity index (χ4n) is 2.04. The number of nitrogens with zero attached hydrogens (tertiary/aromatic N) is 4. The number of rotatable bonds is 5. The summed E-state index contributed by atoms with van der Waals surface area (Å²) in [5, 5.41) is 20.2. The number of nitrogens with one attached hydrogen (secondary N) is 2. The maximum Gasteiger partial charge on any atom is 0.231 e. The van der Waals surface area contributed by atoms with E-state index in [1.54, 1.807) is 10.9 Å². The molecular formula is C14H16N6O. The van der Waals surface area contributed by atoms with Gasteiger partial charge in [-0.05, 0) is 12.1 Å². The molecular weight excluding hydrogens is 268 g/mol. The minimum absolute atomic E-state index is 0.0349. The van der Waals surface area contributed by atoms with Crippen LogP contribution in [0.1, 0.15) is 0 Å². The molecule has 0 aliphatic heterocycles. The molecule has 0 saturated heterocycles. The lowest BCUT2D eigenvalue weighted by atomic mass is 10.3. The number of fused-ring (bicyclic) bond motifs is 1. The van der Waals surface area contributed by atoms with E-state index < -0.39 is 0 Å². The van der Waals surface area contributed by atoms with Gasteiger partial charge in [0, 0.05) is 19.3 Å². The third-order valence-corrected chi connectivity index (χ3v) is 3.03. The molecule has 0 bridgehead atoms. The van der Waals surface area contributed by atoms with E-state index in [1.807, 2.05) is 37.4 Å². The minimum Gasteiger partial charge on any atom is -0.395 e. The lowest BCUT2D eigenvalue weighted by molar-refractivity contribution is 0.311. The minimum atomic E-state index is 0.0349. The zero-order valence-corrected chi connectivity index (χ0v) is 11.6. The Balaban J connectivity index is 2.00. The maximum atomic E-state index is 8.97. The highest BCUT2D eigenvalue weighted by Crippen LogP contribution is 2.22. The van der Waals surface area contributed by atoms with E-state index in [4.69, 9.17) is 5.11 Å². The number of aryl methyl sites for hydroxylation is 1. The number of aliphatic hydroxyl groups is 1. The summed E-state index contributed by atoms with van der Waals surface area (Å²) in [6.07, 6.45) is 1.71. The Morgan fingerprint density at radius 3 is 2.76 bits per heavy atom. The van der Waals surface area contributed by atoms with Crippen LogP contribution >= 0.6 is 0 Å². The molecule has 7 nitrogen and oxygen atoms in total. The van der Waals surface area contributed by atoms with Crippen molar-refractivity contribution < 1.29 is 5.11 Å². The van der Waals surface area contributed by atoms with Gasteiger partial charge in [-0.1, -0.05) is 18.2 Å². The number of aromatic nitrogens is 4. The third kappa shape index (κ3) is 2.77. The van der Waals surface area contributed by atoms with E-state index in [1.165, 1.54) is 0 Å². The summed E-state index contributed by atoms with van der Waals surface area (Å²) < 4.78 is 1.69. The van der Waals surface area contributed by atoms with Gasteiger partial charge in [-0.15, -0.1) is 0 Å². The Bertz CT molecular complexity index is 740. The fourth-order valence-corrected chi connectivity index (χ4v) is 2.04. The Hall–Kier alpha value is -2.67. The van der Waals surface area contributed by atoms with Crippen LogP contribution in [0.4, 0.5) is 17.5 Å². The number of hydrogen-bond donors (Lipinski definition) is 3. The van der Waals surface area contributed by atoms with Gasteiger partial charge in [0.15, 0.2) is 5.65 Å². The SMILES string of the molecule is Cn1ncc2c(NCCO)nc(Nc3ccccc3)nc21. The summed E-state index contributed by atoms with van der Waals surface area (Å²) in [6, 6.07) is 9.71. The van der Waals surface area contributed by atoms with Gasteiger partial charge in [0.2, 0.25) is 5.95 Å². The summed E-state index contributed by atoms with van der Waals surface area (Å²) >= 11 is 0. The van der Waals surface area contributed by atoms with E-state index in [0.29, 0.717) is 18.3 Å². The first kappa shape index (κ1) is 13.3. The molecule has 0 spiro atoms. The number of hydrogen-bond acceptors (Lipinski definition) is 6. The van der Waals surface area contributed by atoms with Crippen molar-refractivity contribution in [3.05, 3.63) is 36.5 Å². The monoisotopic (exact) mass is 284 g/mol. The van der Waals surface area contributed by atoms with Gasteiger partial charge in [-0.25, -0.2) is 0 Å². The molecule has 0 fully saturated rings. The molecule has 2 aromatic heterocycles. The standard InChI is InChI=1S/C14H16N6O/c1-20-13-11(9-16-20)12(15-7-8-21)18-14(19-13)17-10-5-3-2-4-6-10/h2-6,9,21H,7-8H2,1H3,(H2,15,17,18,19). The normalized spacial score (nSPS) is 10.8. The first-order valence-electron chi connectivity index (χ1n) is 6.64. The second-order valence-corrected chi connectivity index (χ2v) is 4.54. The van der Waals surface area contributed by atoms with Crippen LogP contribution < -0.4 is 10.6 Å². The Labute approximate surface area is 121 Å². The van der Waals surface area contributed by atoms with Crippen LogP contribution in [0.2, 0.25) is 0 Å². The molecule has 3 aromatic rings. The molecule has 3 N–H and O–H groups in total. The predicted molar refractivity (Wildman–Crippen MR) is 81.6 cm³/mol. The van der Waals surface area contributed by atoms with E-state index in [2.05, 4.69) is 25.7 Å². The van der Waals surface area contributed by atoms with Gasteiger partial charge in [0.1, 0.15) is 5.82 Å². The summed E-state index contributed by atoms with van der Waals surface area (Å²) in [5.74, 6) is 1.14. The molecule has 2 heterocycles. The van der Waals surface area contributed by atoms with Gasteiger partial charge in [0.05, 0.1) is 18.2 Å². The molecule has 0 atom stereocenters. The molecule has 0 saturated carbocycles. The first-order chi connectivity index (χ1) is 10.3. The molecule has 21 heavy (non-hydrogen) atoms. The van der Waals surface area contributed by atoms with Gasteiger partial charge in [-0.3, -0.25) is 4.68 Å². The lowest BCUT2D eigenvalue weighted by Gasteiger charge is -2.09. The van der Waals surface area contributed by atoms with Crippen molar-refractivity contribution >= 4 is 28.5 Å². The Morgan fingerprint density at radius 1 is 1.19 bits per heavy atom. The zero-order chi connectivity index (χ0) is 14.7. The number of anilines is 3. The Morgan fingerprint density at radius 2 is 2.00 bits per heavy atom. The van der Waals surface area contributed by atoms with Crippen molar-refractivity contribution in [1.29, 1.82) is 0 Å². The quantitative estimate of drug-likeness (QED) is 0.658. The molecule has 0 aliphatic rings. The molecule has 0 amide bonds. The van der Waals surface area contributed by atoms with Crippen LogP contribution in [-0.2, 0) is 7.05 Å². The summed E-state index contributed by atoms with van der Waals surface area (Å²) in [6.45, 7) is 0.457. The molecule has 0 radical (unpaired) electrons. The molecule has 1 aromatic carbocycles. The van der Waals surface area contributed by atoms with E-state index >= 15 is 0 Å². The number of benzene rings is 1. The first-order valence-corrected chi connectivity index (χ1v) is 6.64.